The lowest BCUT2D eigenvalue weighted by Crippen LogP contribution is -2.25. The number of halogens is 2. The van der Waals surface area contributed by atoms with Crippen LogP contribution in [0, 0.1) is 17.6 Å². The largest absolute Gasteiger partial charge is 0.313 e. The minimum atomic E-state index is -0.769. The van der Waals surface area contributed by atoms with Crippen LogP contribution in [0.15, 0.2) is 18.2 Å². The van der Waals surface area contributed by atoms with Gasteiger partial charge in [0.25, 0.3) is 0 Å². The van der Waals surface area contributed by atoms with Crippen molar-refractivity contribution in [3.8, 4) is 0 Å². The summed E-state index contributed by atoms with van der Waals surface area (Å²) in [6.07, 6.45) is 7.42. The smallest absolute Gasteiger partial charge is 0.159 e. The SMILES string of the molecule is CNC(c1ccc(F)c(F)c1)C1CCCCCC1. The number of hydrogen-bond donors (Lipinski definition) is 1. The van der Waals surface area contributed by atoms with E-state index in [0.717, 1.165) is 5.56 Å². The molecule has 2 rings (SSSR count). The average molecular weight is 253 g/mol. The molecule has 0 bridgehead atoms. The summed E-state index contributed by atoms with van der Waals surface area (Å²) in [4.78, 5) is 0. The summed E-state index contributed by atoms with van der Waals surface area (Å²) in [6.45, 7) is 0. The van der Waals surface area contributed by atoms with Crippen molar-refractivity contribution in [3.05, 3.63) is 35.4 Å². The maximum atomic E-state index is 13.3. The van der Waals surface area contributed by atoms with Crippen molar-refractivity contribution >= 4 is 0 Å². The van der Waals surface area contributed by atoms with E-state index in [1.54, 1.807) is 6.07 Å². The minimum Gasteiger partial charge on any atom is -0.313 e. The first-order valence-electron chi connectivity index (χ1n) is 6.84. The zero-order chi connectivity index (χ0) is 13.0. The Labute approximate surface area is 108 Å². The topological polar surface area (TPSA) is 12.0 Å². The monoisotopic (exact) mass is 253 g/mol. The molecule has 18 heavy (non-hydrogen) atoms. The summed E-state index contributed by atoms with van der Waals surface area (Å²) in [5, 5.41) is 3.27. The maximum Gasteiger partial charge on any atom is 0.159 e. The second-order valence-corrected chi connectivity index (χ2v) is 5.19. The molecule has 0 aliphatic heterocycles. The second-order valence-electron chi connectivity index (χ2n) is 5.19. The van der Waals surface area contributed by atoms with Gasteiger partial charge in [0.1, 0.15) is 0 Å². The average Bonchev–Trinajstić information content (AvgIpc) is 2.64. The van der Waals surface area contributed by atoms with Gasteiger partial charge in [0, 0.05) is 6.04 Å². The van der Waals surface area contributed by atoms with Crippen LogP contribution in [0.25, 0.3) is 0 Å². The van der Waals surface area contributed by atoms with E-state index in [-0.39, 0.29) is 6.04 Å². The molecule has 0 aromatic heterocycles. The number of rotatable bonds is 3. The summed E-state index contributed by atoms with van der Waals surface area (Å²) in [7, 11) is 1.90. The van der Waals surface area contributed by atoms with Crippen LogP contribution in [0.2, 0.25) is 0 Å². The molecule has 0 radical (unpaired) electrons. The van der Waals surface area contributed by atoms with Gasteiger partial charge >= 0.3 is 0 Å². The van der Waals surface area contributed by atoms with Crippen molar-refractivity contribution in [2.24, 2.45) is 5.92 Å². The van der Waals surface area contributed by atoms with E-state index in [2.05, 4.69) is 5.32 Å². The Morgan fingerprint density at radius 1 is 1.06 bits per heavy atom. The van der Waals surface area contributed by atoms with E-state index >= 15 is 0 Å². The summed E-state index contributed by atoms with van der Waals surface area (Å²) < 4.78 is 26.3. The third-order valence-corrected chi connectivity index (χ3v) is 3.99. The van der Waals surface area contributed by atoms with E-state index in [0.29, 0.717) is 5.92 Å². The fraction of sp³-hybridized carbons (Fsp3) is 0.600. The van der Waals surface area contributed by atoms with Crippen LogP contribution in [-0.4, -0.2) is 7.05 Å². The molecule has 1 aromatic carbocycles. The molecular weight excluding hydrogens is 232 g/mol. The highest BCUT2D eigenvalue weighted by atomic mass is 19.2. The van der Waals surface area contributed by atoms with Crippen molar-refractivity contribution in [2.45, 2.75) is 44.6 Å². The van der Waals surface area contributed by atoms with Gasteiger partial charge in [-0.2, -0.15) is 0 Å². The molecule has 100 valence electrons. The third kappa shape index (κ3) is 3.08. The van der Waals surface area contributed by atoms with E-state index in [9.17, 15) is 8.78 Å². The highest BCUT2D eigenvalue weighted by molar-refractivity contribution is 5.22. The minimum absolute atomic E-state index is 0.137. The van der Waals surface area contributed by atoms with Crippen LogP contribution in [0.4, 0.5) is 8.78 Å². The van der Waals surface area contributed by atoms with Gasteiger partial charge in [0.05, 0.1) is 0 Å². The predicted molar refractivity (Wildman–Crippen MR) is 69.4 cm³/mol. The number of nitrogens with one attached hydrogen (secondary N) is 1. The van der Waals surface area contributed by atoms with Crippen molar-refractivity contribution in [1.82, 2.24) is 5.32 Å². The number of hydrogen-bond acceptors (Lipinski definition) is 1. The summed E-state index contributed by atoms with van der Waals surface area (Å²) in [5.74, 6) is -0.988. The maximum absolute atomic E-state index is 13.3. The van der Waals surface area contributed by atoms with Gasteiger partial charge in [0.15, 0.2) is 11.6 Å². The normalized spacial score (nSPS) is 19.5. The molecule has 0 amide bonds. The fourth-order valence-electron chi connectivity index (χ4n) is 3.02. The van der Waals surface area contributed by atoms with Crippen molar-refractivity contribution in [1.29, 1.82) is 0 Å². The molecule has 1 aromatic rings. The Bertz CT molecular complexity index is 384. The Hall–Kier alpha value is -0.960. The van der Waals surface area contributed by atoms with Gasteiger partial charge in [-0.05, 0) is 43.5 Å². The molecule has 1 saturated carbocycles. The summed E-state index contributed by atoms with van der Waals surface area (Å²) in [6, 6.07) is 4.40. The first-order chi connectivity index (χ1) is 8.72. The fourth-order valence-corrected chi connectivity index (χ4v) is 3.02. The molecule has 1 unspecified atom stereocenters. The third-order valence-electron chi connectivity index (χ3n) is 3.99. The number of benzene rings is 1. The first kappa shape index (κ1) is 13.5. The van der Waals surface area contributed by atoms with Gasteiger partial charge in [-0.3, -0.25) is 0 Å². The van der Waals surface area contributed by atoms with Crippen LogP contribution >= 0.6 is 0 Å². The van der Waals surface area contributed by atoms with Crippen LogP contribution in [0.3, 0.4) is 0 Å². The van der Waals surface area contributed by atoms with E-state index in [1.165, 1.54) is 50.7 Å². The highest BCUT2D eigenvalue weighted by Crippen LogP contribution is 2.33. The Balaban J connectivity index is 2.17. The van der Waals surface area contributed by atoms with Gasteiger partial charge in [0.2, 0.25) is 0 Å². The van der Waals surface area contributed by atoms with Crippen molar-refractivity contribution in [2.75, 3.05) is 7.05 Å². The molecule has 0 spiro atoms. The van der Waals surface area contributed by atoms with Crippen LogP contribution in [-0.2, 0) is 0 Å². The molecule has 1 atom stereocenters. The zero-order valence-corrected chi connectivity index (χ0v) is 10.9. The van der Waals surface area contributed by atoms with Crippen molar-refractivity contribution in [3.63, 3.8) is 0 Å². The molecule has 1 fully saturated rings. The Kier molecular flexibility index (Phi) is 4.70. The molecule has 1 aliphatic carbocycles. The van der Waals surface area contributed by atoms with Crippen LogP contribution in [0.5, 0.6) is 0 Å². The Morgan fingerprint density at radius 2 is 1.72 bits per heavy atom. The predicted octanol–water partition coefficient (Wildman–Crippen LogP) is 4.20. The first-order valence-corrected chi connectivity index (χ1v) is 6.84. The molecule has 0 saturated heterocycles. The van der Waals surface area contributed by atoms with Crippen molar-refractivity contribution < 1.29 is 8.78 Å². The van der Waals surface area contributed by atoms with E-state index in [1.807, 2.05) is 7.05 Å². The molecule has 0 heterocycles. The lowest BCUT2D eigenvalue weighted by atomic mass is 9.87. The second kappa shape index (κ2) is 6.28. The molecule has 1 aliphatic rings. The summed E-state index contributed by atoms with van der Waals surface area (Å²) in [5.41, 5.74) is 0.864. The van der Waals surface area contributed by atoms with Gasteiger partial charge < -0.3 is 5.32 Å². The van der Waals surface area contributed by atoms with E-state index < -0.39 is 11.6 Å². The van der Waals surface area contributed by atoms with Gasteiger partial charge in [-0.1, -0.05) is 31.7 Å². The molecular formula is C15H21F2N. The molecule has 1 nitrogen and oxygen atoms in total. The van der Waals surface area contributed by atoms with Crippen LogP contribution in [0.1, 0.15) is 50.1 Å². The summed E-state index contributed by atoms with van der Waals surface area (Å²) >= 11 is 0. The standard InChI is InChI=1S/C15H21F2N/c1-18-15(11-6-4-2-3-5-7-11)12-8-9-13(16)14(17)10-12/h8-11,15,18H,2-7H2,1H3. The Morgan fingerprint density at radius 3 is 2.28 bits per heavy atom. The highest BCUT2D eigenvalue weighted by Gasteiger charge is 2.23. The lowest BCUT2D eigenvalue weighted by molar-refractivity contribution is 0.340. The molecule has 3 heteroatoms. The zero-order valence-electron chi connectivity index (χ0n) is 10.9. The quantitative estimate of drug-likeness (QED) is 0.796. The van der Waals surface area contributed by atoms with Crippen LogP contribution < -0.4 is 5.32 Å². The molecule has 1 N–H and O–H groups in total. The van der Waals surface area contributed by atoms with Gasteiger partial charge in [-0.25, -0.2) is 8.78 Å². The lowest BCUT2D eigenvalue weighted by Gasteiger charge is -2.26. The van der Waals surface area contributed by atoms with E-state index in [4.69, 9.17) is 0 Å². The van der Waals surface area contributed by atoms with Gasteiger partial charge in [-0.15, -0.1) is 0 Å².